The van der Waals surface area contributed by atoms with Crippen LogP contribution in [-0.4, -0.2) is 29.0 Å². The van der Waals surface area contributed by atoms with Crippen molar-refractivity contribution in [3.8, 4) is 0 Å². The maximum atomic E-state index is 13.6. The molecule has 4 rings (SSSR count). The maximum Gasteiger partial charge on any atom is 0.419 e. The molecule has 10 heteroatoms. The first-order valence-corrected chi connectivity index (χ1v) is 11.4. The lowest BCUT2D eigenvalue weighted by molar-refractivity contribution is 0.304. The van der Waals surface area contributed by atoms with Gasteiger partial charge in [0, 0.05) is 25.2 Å². The van der Waals surface area contributed by atoms with Gasteiger partial charge in [0.1, 0.15) is 16.3 Å². The lowest BCUT2D eigenvalue weighted by Crippen LogP contribution is -2.35. The normalized spacial score (nSPS) is 18.9. The van der Waals surface area contributed by atoms with E-state index in [2.05, 4.69) is 5.16 Å². The molecule has 3 aromatic rings. The summed E-state index contributed by atoms with van der Waals surface area (Å²) in [5.41, 5.74) is 1.26. The van der Waals surface area contributed by atoms with Crippen LogP contribution in [0, 0.1) is 6.92 Å². The number of oxazole rings is 1. The molecule has 1 unspecified atom stereocenters. The minimum atomic E-state index is -3.96. The molecule has 29 heavy (non-hydrogen) atoms. The molecule has 0 spiro atoms. The zero-order valence-corrected chi connectivity index (χ0v) is 17.8. The molecule has 2 aromatic heterocycles. The molecular formula is C19H22ClN3O5S. The second-order valence-corrected chi connectivity index (χ2v) is 9.47. The van der Waals surface area contributed by atoms with Crippen molar-refractivity contribution < 1.29 is 17.4 Å². The first-order valence-electron chi connectivity index (χ1n) is 9.61. The lowest BCUT2D eigenvalue weighted by Gasteiger charge is -2.28. The summed E-state index contributed by atoms with van der Waals surface area (Å²) in [6, 6.07) is 4.16. The number of sulfonamides is 1. The predicted molar refractivity (Wildman–Crippen MR) is 107 cm³/mol. The van der Waals surface area contributed by atoms with Crippen LogP contribution in [0.1, 0.15) is 50.1 Å². The van der Waals surface area contributed by atoms with E-state index in [9.17, 15) is 13.2 Å². The SMILES string of the molecule is CCn1c(=O)oc2cc(S(=O)(=O)N3CCCCCC3c3cc(C)on3)c(Cl)cc21. The van der Waals surface area contributed by atoms with Crippen molar-refractivity contribution in [2.45, 2.75) is 57.0 Å². The standard InChI is InChI=1S/C19H22ClN3O5S/c1-3-22-16-10-13(20)18(11-17(16)27-19(22)24)29(25,26)23-8-6-4-5-7-15(23)14-9-12(2)28-21-14/h9-11,15H,3-8H2,1-2H3. The van der Waals surface area contributed by atoms with Crippen LogP contribution in [0.2, 0.25) is 5.02 Å². The number of rotatable bonds is 4. The van der Waals surface area contributed by atoms with E-state index in [-0.39, 0.29) is 15.5 Å². The fraction of sp³-hybridized carbons (Fsp3) is 0.474. The fourth-order valence-corrected chi connectivity index (χ4v) is 6.08. The van der Waals surface area contributed by atoms with E-state index < -0.39 is 21.8 Å². The average molecular weight is 440 g/mol. The monoisotopic (exact) mass is 439 g/mol. The zero-order chi connectivity index (χ0) is 20.8. The zero-order valence-electron chi connectivity index (χ0n) is 16.2. The van der Waals surface area contributed by atoms with E-state index in [1.807, 2.05) is 0 Å². The van der Waals surface area contributed by atoms with E-state index >= 15 is 0 Å². The Morgan fingerprint density at radius 2 is 2.03 bits per heavy atom. The molecule has 0 saturated carbocycles. The van der Waals surface area contributed by atoms with Crippen molar-refractivity contribution >= 4 is 32.7 Å². The van der Waals surface area contributed by atoms with Gasteiger partial charge < -0.3 is 8.94 Å². The lowest BCUT2D eigenvalue weighted by atomic mass is 10.1. The number of hydrogen-bond acceptors (Lipinski definition) is 6. The highest BCUT2D eigenvalue weighted by Gasteiger charge is 2.36. The minimum Gasteiger partial charge on any atom is -0.408 e. The number of halogens is 1. The van der Waals surface area contributed by atoms with E-state index in [0.717, 1.165) is 19.3 Å². The van der Waals surface area contributed by atoms with Crippen LogP contribution in [0.5, 0.6) is 0 Å². The summed E-state index contributed by atoms with van der Waals surface area (Å²) in [4.78, 5) is 11.9. The van der Waals surface area contributed by atoms with Gasteiger partial charge in [-0.25, -0.2) is 13.2 Å². The van der Waals surface area contributed by atoms with Crippen molar-refractivity contribution in [2.24, 2.45) is 0 Å². The Hall–Kier alpha value is -2.10. The average Bonchev–Trinajstić information content (AvgIpc) is 3.12. The Kier molecular flexibility index (Phi) is 5.30. The van der Waals surface area contributed by atoms with Crippen molar-refractivity contribution in [1.82, 2.24) is 14.0 Å². The largest absolute Gasteiger partial charge is 0.419 e. The third-order valence-corrected chi connectivity index (χ3v) is 7.69. The highest BCUT2D eigenvalue weighted by Crippen LogP contribution is 2.37. The van der Waals surface area contributed by atoms with Crippen LogP contribution >= 0.6 is 11.6 Å². The summed E-state index contributed by atoms with van der Waals surface area (Å²) >= 11 is 6.39. The van der Waals surface area contributed by atoms with E-state index in [4.69, 9.17) is 20.5 Å². The summed E-state index contributed by atoms with van der Waals surface area (Å²) in [6.45, 7) is 4.33. The smallest absolute Gasteiger partial charge is 0.408 e. The number of benzene rings is 1. The molecular weight excluding hydrogens is 418 g/mol. The Morgan fingerprint density at radius 3 is 2.72 bits per heavy atom. The van der Waals surface area contributed by atoms with Gasteiger partial charge in [-0.05, 0) is 32.8 Å². The van der Waals surface area contributed by atoms with E-state index in [1.165, 1.54) is 21.0 Å². The van der Waals surface area contributed by atoms with Crippen LogP contribution in [-0.2, 0) is 16.6 Å². The minimum absolute atomic E-state index is 0.0554. The number of aromatic nitrogens is 2. The first kappa shape index (κ1) is 20.2. The Labute approximate surface area is 173 Å². The molecule has 1 aliphatic heterocycles. The van der Waals surface area contributed by atoms with Crippen molar-refractivity contribution in [2.75, 3.05) is 6.54 Å². The fourth-order valence-electron chi connectivity index (χ4n) is 3.90. The number of nitrogens with zero attached hydrogens (tertiary/aromatic N) is 3. The molecule has 1 aliphatic rings. The second-order valence-electron chi connectivity index (χ2n) is 7.21. The number of hydrogen-bond donors (Lipinski definition) is 0. The summed E-state index contributed by atoms with van der Waals surface area (Å²) < 4.78 is 40.5. The molecule has 1 aromatic carbocycles. The summed E-state index contributed by atoms with van der Waals surface area (Å²) in [6.07, 6.45) is 3.21. The molecule has 3 heterocycles. The molecule has 156 valence electrons. The van der Waals surface area contributed by atoms with Crippen LogP contribution in [0.25, 0.3) is 11.1 Å². The maximum absolute atomic E-state index is 13.6. The summed E-state index contributed by atoms with van der Waals surface area (Å²) in [5.74, 6) is 0.0857. The molecule has 8 nitrogen and oxygen atoms in total. The third kappa shape index (κ3) is 3.51. The van der Waals surface area contributed by atoms with E-state index in [1.54, 1.807) is 19.9 Å². The molecule has 0 radical (unpaired) electrons. The van der Waals surface area contributed by atoms with Gasteiger partial charge in [0.25, 0.3) is 0 Å². The summed E-state index contributed by atoms with van der Waals surface area (Å²) in [7, 11) is -3.96. The molecule has 1 fully saturated rings. The Balaban J connectivity index is 1.83. The molecule has 1 atom stereocenters. The van der Waals surface area contributed by atoms with Crippen LogP contribution < -0.4 is 5.76 Å². The number of fused-ring (bicyclic) bond motifs is 1. The molecule has 0 aliphatic carbocycles. The summed E-state index contributed by atoms with van der Waals surface area (Å²) in [5, 5.41) is 4.12. The Morgan fingerprint density at radius 1 is 1.24 bits per heavy atom. The van der Waals surface area contributed by atoms with Crippen LogP contribution in [0.15, 0.2) is 36.8 Å². The van der Waals surface area contributed by atoms with Gasteiger partial charge in [-0.1, -0.05) is 29.6 Å². The highest BCUT2D eigenvalue weighted by atomic mass is 35.5. The van der Waals surface area contributed by atoms with Gasteiger partial charge in [-0.2, -0.15) is 4.31 Å². The quantitative estimate of drug-likeness (QED) is 0.611. The van der Waals surface area contributed by atoms with Crippen molar-refractivity contribution in [3.63, 3.8) is 0 Å². The molecule has 0 N–H and O–H groups in total. The van der Waals surface area contributed by atoms with Crippen molar-refractivity contribution in [1.29, 1.82) is 0 Å². The van der Waals surface area contributed by atoms with Gasteiger partial charge in [0.05, 0.1) is 16.6 Å². The topological polar surface area (TPSA) is 98.5 Å². The van der Waals surface area contributed by atoms with Crippen molar-refractivity contribution in [3.05, 3.63) is 45.2 Å². The van der Waals surface area contributed by atoms with Crippen LogP contribution in [0.4, 0.5) is 0 Å². The van der Waals surface area contributed by atoms with Gasteiger partial charge in [0.2, 0.25) is 10.0 Å². The van der Waals surface area contributed by atoms with Gasteiger partial charge >= 0.3 is 5.76 Å². The molecule has 0 amide bonds. The molecule has 1 saturated heterocycles. The third-order valence-electron chi connectivity index (χ3n) is 5.32. The van der Waals surface area contributed by atoms with Gasteiger partial charge in [-0.3, -0.25) is 4.57 Å². The first-order chi connectivity index (χ1) is 13.8. The van der Waals surface area contributed by atoms with Gasteiger partial charge in [-0.15, -0.1) is 0 Å². The van der Waals surface area contributed by atoms with E-state index in [0.29, 0.717) is 36.5 Å². The predicted octanol–water partition coefficient (Wildman–Crippen LogP) is 3.87. The van der Waals surface area contributed by atoms with Crippen LogP contribution in [0.3, 0.4) is 0 Å². The second kappa shape index (κ2) is 7.62. The number of aryl methyl sites for hydroxylation is 2. The Bertz CT molecular complexity index is 1210. The van der Waals surface area contributed by atoms with Gasteiger partial charge in [0.15, 0.2) is 5.58 Å². The highest BCUT2D eigenvalue weighted by molar-refractivity contribution is 7.89. The molecule has 0 bridgehead atoms.